The van der Waals surface area contributed by atoms with Gasteiger partial charge in [0.1, 0.15) is 5.82 Å². The van der Waals surface area contributed by atoms with E-state index in [1.165, 1.54) is 11.1 Å². The van der Waals surface area contributed by atoms with Gasteiger partial charge < -0.3 is 4.90 Å². The fraction of sp³-hybridized carbons (Fsp3) is 0.333. The number of aromatic nitrogens is 1. The highest BCUT2D eigenvalue weighted by Gasteiger charge is 2.10. The second-order valence-corrected chi connectivity index (χ2v) is 4.85. The maximum atomic E-state index is 8.92. The third-order valence-electron chi connectivity index (χ3n) is 3.03. The van der Waals surface area contributed by atoms with Crippen LogP contribution in [0.3, 0.4) is 0 Å². The molecule has 0 fully saturated rings. The molecule has 0 atom stereocenters. The third kappa shape index (κ3) is 2.14. The largest absolute Gasteiger partial charge is 0.362 e. The summed E-state index contributed by atoms with van der Waals surface area (Å²) in [6.45, 7) is 4.16. The zero-order valence-corrected chi connectivity index (χ0v) is 11.3. The van der Waals surface area contributed by atoms with Gasteiger partial charge in [-0.2, -0.15) is 5.26 Å². The number of nitrogens with zero attached hydrogens (tertiary/aromatic N) is 3. The summed E-state index contributed by atoms with van der Waals surface area (Å²) >= 11 is 0. The Morgan fingerprint density at radius 1 is 1.22 bits per heavy atom. The molecule has 0 amide bonds. The minimum absolute atomic E-state index is 0.393. The molecule has 1 heterocycles. The van der Waals surface area contributed by atoms with Crippen LogP contribution in [0.5, 0.6) is 0 Å². The molecule has 0 aliphatic heterocycles. The lowest BCUT2D eigenvalue weighted by Crippen LogP contribution is -2.13. The van der Waals surface area contributed by atoms with Gasteiger partial charge in [0.25, 0.3) is 0 Å². The Labute approximate surface area is 108 Å². The van der Waals surface area contributed by atoms with E-state index in [4.69, 9.17) is 5.26 Å². The summed E-state index contributed by atoms with van der Waals surface area (Å²) in [6.07, 6.45) is 0.393. The zero-order valence-electron chi connectivity index (χ0n) is 11.3. The number of hydrogen-bond donors (Lipinski definition) is 0. The van der Waals surface area contributed by atoms with E-state index < -0.39 is 0 Å². The van der Waals surface area contributed by atoms with Crippen molar-refractivity contribution >= 4 is 16.7 Å². The first-order chi connectivity index (χ1) is 8.52. The molecule has 0 saturated heterocycles. The second kappa shape index (κ2) is 4.66. The van der Waals surface area contributed by atoms with Gasteiger partial charge >= 0.3 is 0 Å². The lowest BCUT2D eigenvalue weighted by molar-refractivity contribution is 1.05. The molecule has 2 rings (SSSR count). The molecule has 92 valence electrons. The minimum atomic E-state index is 0.393. The van der Waals surface area contributed by atoms with Gasteiger partial charge in [-0.25, -0.2) is 4.98 Å². The van der Waals surface area contributed by atoms with Gasteiger partial charge in [-0.15, -0.1) is 0 Å². The molecule has 3 nitrogen and oxygen atoms in total. The van der Waals surface area contributed by atoms with Crippen molar-refractivity contribution in [1.82, 2.24) is 4.98 Å². The van der Waals surface area contributed by atoms with Crippen LogP contribution in [-0.4, -0.2) is 19.1 Å². The fourth-order valence-electron chi connectivity index (χ4n) is 2.26. The highest BCUT2D eigenvalue weighted by Crippen LogP contribution is 2.26. The van der Waals surface area contributed by atoms with Crippen LogP contribution >= 0.6 is 0 Å². The minimum Gasteiger partial charge on any atom is -0.362 e. The summed E-state index contributed by atoms with van der Waals surface area (Å²) in [4.78, 5) is 6.65. The van der Waals surface area contributed by atoms with Crippen LogP contribution in [0.4, 0.5) is 5.82 Å². The average molecular weight is 239 g/mol. The molecule has 18 heavy (non-hydrogen) atoms. The Morgan fingerprint density at radius 3 is 2.56 bits per heavy atom. The zero-order chi connectivity index (χ0) is 13.3. The Balaban J connectivity index is 2.77. The number of nitriles is 1. The van der Waals surface area contributed by atoms with Crippen molar-refractivity contribution in [3.05, 3.63) is 34.9 Å². The SMILES string of the molecule is Cc1cc(C)c2cc(CC#N)c(N(C)C)nc2c1. The van der Waals surface area contributed by atoms with Gasteiger partial charge in [-0.05, 0) is 37.1 Å². The van der Waals surface area contributed by atoms with E-state index in [-0.39, 0.29) is 0 Å². The first-order valence-electron chi connectivity index (χ1n) is 5.98. The van der Waals surface area contributed by atoms with Gasteiger partial charge in [0.05, 0.1) is 18.0 Å². The molecular formula is C15H17N3. The lowest BCUT2D eigenvalue weighted by Gasteiger charge is -2.17. The van der Waals surface area contributed by atoms with Crippen molar-refractivity contribution in [2.45, 2.75) is 20.3 Å². The quantitative estimate of drug-likeness (QED) is 0.808. The van der Waals surface area contributed by atoms with E-state index in [0.717, 1.165) is 22.3 Å². The highest BCUT2D eigenvalue weighted by atomic mass is 15.1. The van der Waals surface area contributed by atoms with Crippen molar-refractivity contribution in [3.63, 3.8) is 0 Å². The van der Waals surface area contributed by atoms with Gasteiger partial charge in [-0.3, -0.25) is 0 Å². The molecule has 0 radical (unpaired) electrons. The first kappa shape index (κ1) is 12.4. The molecule has 3 heteroatoms. The summed E-state index contributed by atoms with van der Waals surface area (Å²) in [7, 11) is 3.91. The van der Waals surface area contributed by atoms with E-state index in [0.29, 0.717) is 6.42 Å². The Morgan fingerprint density at radius 2 is 1.94 bits per heavy atom. The Kier molecular flexibility index (Phi) is 3.20. The summed E-state index contributed by atoms with van der Waals surface area (Å²) in [5.74, 6) is 0.883. The molecule has 0 aliphatic carbocycles. The van der Waals surface area contributed by atoms with Gasteiger partial charge in [-0.1, -0.05) is 6.07 Å². The van der Waals surface area contributed by atoms with E-state index >= 15 is 0 Å². The van der Waals surface area contributed by atoms with Crippen LogP contribution in [0.2, 0.25) is 0 Å². The van der Waals surface area contributed by atoms with Crippen LogP contribution in [0, 0.1) is 25.2 Å². The van der Waals surface area contributed by atoms with Crippen molar-refractivity contribution in [2.24, 2.45) is 0 Å². The summed E-state index contributed by atoms with van der Waals surface area (Å²) in [6, 6.07) is 8.54. The van der Waals surface area contributed by atoms with Gasteiger partial charge in [0, 0.05) is 25.0 Å². The molecule has 0 N–H and O–H groups in total. The standard InChI is InChI=1S/C15H17N3/c1-10-7-11(2)13-9-12(5-6-16)15(18(3)4)17-14(13)8-10/h7-9H,5H2,1-4H3. The molecular weight excluding hydrogens is 222 g/mol. The van der Waals surface area contributed by atoms with E-state index in [1.54, 1.807) is 0 Å². The molecule has 0 saturated carbocycles. The number of pyridine rings is 1. The maximum absolute atomic E-state index is 8.92. The monoisotopic (exact) mass is 239 g/mol. The van der Waals surface area contributed by atoms with Crippen molar-refractivity contribution < 1.29 is 0 Å². The Bertz CT molecular complexity index is 636. The lowest BCUT2D eigenvalue weighted by atomic mass is 10.0. The van der Waals surface area contributed by atoms with Crippen LogP contribution in [0.1, 0.15) is 16.7 Å². The molecule has 1 aromatic carbocycles. The number of hydrogen-bond acceptors (Lipinski definition) is 3. The van der Waals surface area contributed by atoms with Crippen LogP contribution in [-0.2, 0) is 6.42 Å². The summed E-state index contributed by atoms with van der Waals surface area (Å²) in [5.41, 5.74) is 4.41. The molecule has 2 aromatic rings. The van der Waals surface area contributed by atoms with Crippen molar-refractivity contribution in [2.75, 3.05) is 19.0 Å². The first-order valence-corrected chi connectivity index (χ1v) is 5.98. The Hall–Kier alpha value is -2.08. The second-order valence-electron chi connectivity index (χ2n) is 4.85. The topological polar surface area (TPSA) is 39.9 Å². The van der Waals surface area contributed by atoms with Crippen LogP contribution in [0.25, 0.3) is 10.9 Å². The van der Waals surface area contributed by atoms with Crippen molar-refractivity contribution in [1.29, 1.82) is 5.26 Å². The summed E-state index contributed by atoms with van der Waals surface area (Å²) in [5, 5.41) is 10.1. The molecule has 0 spiro atoms. The normalized spacial score (nSPS) is 10.4. The number of aryl methyl sites for hydroxylation is 2. The third-order valence-corrected chi connectivity index (χ3v) is 3.03. The molecule has 1 aromatic heterocycles. The average Bonchev–Trinajstić information content (AvgIpc) is 2.29. The van der Waals surface area contributed by atoms with Crippen LogP contribution in [0.15, 0.2) is 18.2 Å². The highest BCUT2D eigenvalue weighted by molar-refractivity contribution is 5.85. The van der Waals surface area contributed by atoms with E-state index in [2.05, 4.69) is 43.1 Å². The molecule has 0 aliphatic rings. The predicted molar refractivity (Wildman–Crippen MR) is 74.9 cm³/mol. The number of rotatable bonds is 2. The predicted octanol–water partition coefficient (Wildman–Crippen LogP) is 2.98. The van der Waals surface area contributed by atoms with Gasteiger partial charge in [0.15, 0.2) is 0 Å². The van der Waals surface area contributed by atoms with Crippen LogP contribution < -0.4 is 4.90 Å². The number of fused-ring (bicyclic) bond motifs is 1. The fourth-order valence-corrected chi connectivity index (χ4v) is 2.26. The maximum Gasteiger partial charge on any atom is 0.133 e. The summed E-state index contributed by atoms with van der Waals surface area (Å²) < 4.78 is 0. The van der Waals surface area contributed by atoms with Gasteiger partial charge in [0.2, 0.25) is 0 Å². The van der Waals surface area contributed by atoms with E-state index in [9.17, 15) is 0 Å². The van der Waals surface area contributed by atoms with Crippen molar-refractivity contribution in [3.8, 4) is 6.07 Å². The van der Waals surface area contributed by atoms with E-state index in [1.807, 2.05) is 19.0 Å². The molecule has 0 unspecified atom stereocenters. The number of benzene rings is 1. The number of anilines is 1. The molecule has 0 bridgehead atoms. The smallest absolute Gasteiger partial charge is 0.133 e.